The molecular formula is C24H33ClN4O4. The number of carbonyl (C=O) groups is 3. The van der Waals surface area contributed by atoms with Crippen LogP contribution in [0.3, 0.4) is 0 Å². The highest BCUT2D eigenvalue weighted by Crippen LogP contribution is 2.31. The molecule has 1 heterocycles. The number of fused-ring (bicyclic) bond motifs is 1. The molecule has 1 saturated heterocycles. The fraction of sp³-hybridized carbons (Fsp3) is 0.625. The maximum atomic E-state index is 13.4. The van der Waals surface area contributed by atoms with Crippen LogP contribution in [0.25, 0.3) is 0 Å². The molecule has 0 spiro atoms. The fourth-order valence-electron chi connectivity index (χ4n) is 5.38. The summed E-state index contributed by atoms with van der Waals surface area (Å²) in [6.07, 6.45) is 8.88. The maximum absolute atomic E-state index is 13.4. The number of nitrogens with zero attached hydrogens (tertiary/aromatic N) is 1. The van der Waals surface area contributed by atoms with Gasteiger partial charge >= 0.3 is 6.03 Å². The van der Waals surface area contributed by atoms with Crippen LogP contribution in [0.2, 0.25) is 5.02 Å². The molecule has 3 atom stereocenters. The second kappa shape index (κ2) is 10.6. The number of anilines is 1. The van der Waals surface area contributed by atoms with Gasteiger partial charge in [-0.15, -0.1) is 0 Å². The van der Waals surface area contributed by atoms with Crippen molar-refractivity contribution < 1.29 is 19.1 Å². The van der Waals surface area contributed by atoms with Gasteiger partial charge in [-0.3, -0.25) is 9.59 Å². The predicted molar refractivity (Wildman–Crippen MR) is 126 cm³/mol. The molecule has 3 N–H and O–H groups in total. The quantitative estimate of drug-likeness (QED) is 0.601. The summed E-state index contributed by atoms with van der Waals surface area (Å²) in [5.41, 5.74) is 0.431. The zero-order valence-electron chi connectivity index (χ0n) is 19.1. The molecule has 3 aliphatic rings. The van der Waals surface area contributed by atoms with Gasteiger partial charge in [-0.25, -0.2) is 4.79 Å². The Hall–Kier alpha value is -2.48. The number of hydrogen-bond donors (Lipinski definition) is 3. The molecule has 3 fully saturated rings. The normalized spacial score (nSPS) is 25.6. The number of halogens is 1. The Balaban J connectivity index is 1.52. The van der Waals surface area contributed by atoms with E-state index >= 15 is 0 Å². The van der Waals surface area contributed by atoms with Crippen LogP contribution in [-0.2, 0) is 9.59 Å². The number of nitrogens with one attached hydrogen (secondary N) is 3. The Morgan fingerprint density at radius 2 is 1.85 bits per heavy atom. The standard InChI is InChI=1S/C24H33ClN4O4/c1-33-21-12-11-15(25)13-18(21)27-22(30)14-20-23(31)28-17-9-5-6-10-19(17)29(20)24(32)26-16-7-3-2-4-8-16/h11-13,16-17,19-20H,2-10,14H2,1H3,(H,26,32)(H,27,30)(H,28,31)/t17-,19-,20+/m0/s1. The molecule has 0 aromatic heterocycles. The maximum Gasteiger partial charge on any atom is 0.318 e. The van der Waals surface area contributed by atoms with Crippen molar-refractivity contribution in [2.45, 2.75) is 88.4 Å². The number of carbonyl (C=O) groups excluding carboxylic acids is 3. The molecule has 8 nitrogen and oxygen atoms in total. The number of piperazine rings is 1. The van der Waals surface area contributed by atoms with E-state index in [0.29, 0.717) is 16.5 Å². The van der Waals surface area contributed by atoms with Crippen LogP contribution in [0.5, 0.6) is 5.75 Å². The number of benzene rings is 1. The van der Waals surface area contributed by atoms with Crippen molar-refractivity contribution in [3.8, 4) is 5.75 Å². The lowest BCUT2D eigenvalue weighted by Gasteiger charge is -2.48. The summed E-state index contributed by atoms with van der Waals surface area (Å²) in [7, 11) is 1.51. The Morgan fingerprint density at radius 1 is 1.12 bits per heavy atom. The lowest BCUT2D eigenvalue weighted by Crippen LogP contribution is -2.69. The zero-order valence-corrected chi connectivity index (χ0v) is 19.8. The van der Waals surface area contributed by atoms with Crippen molar-refractivity contribution in [3.63, 3.8) is 0 Å². The molecule has 9 heteroatoms. The van der Waals surface area contributed by atoms with E-state index in [1.54, 1.807) is 23.1 Å². The number of rotatable bonds is 5. The molecule has 0 unspecified atom stereocenters. The van der Waals surface area contributed by atoms with Crippen LogP contribution in [-0.4, -0.2) is 54.0 Å². The van der Waals surface area contributed by atoms with Crippen LogP contribution >= 0.6 is 11.6 Å². The van der Waals surface area contributed by atoms with Crippen LogP contribution in [0.4, 0.5) is 10.5 Å². The van der Waals surface area contributed by atoms with Crippen molar-refractivity contribution in [2.24, 2.45) is 0 Å². The topological polar surface area (TPSA) is 99.8 Å². The minimum atomic E-state index is -0.863. The monoisotopic (exact) mass is 476 g/mol. The molecule has 4 amide bonds. The summed E-state index contributed by atoms with van der Waals surface area (Å²) in [6, 6.07) is 3.82. The molecule has 33 heavy (non-hydrogen) atoms. The lowest BCUT2D eigenvalue weighted by atomic mass is 9.85. The highest BCUT2D eigenvalue weighted by atomic mass is 35.5. The number of ether oxygens (including phenoxy) is 1. The van der Waals surface area contributed by atoms with Gasteiger partial charge in [0, 0.05) is 17.1 Å². The molecule has 2 saturated carbocycles. The van der Waals surface area contributed by atoms with Crippen molar-refractivity contribution in [1.29, 1.82) is 0 Å². The summed E-state index contributed by atoms with van der Waals surface area (Å²) in [4.78, 5) is 41.1. The molecule has 1 aromatic rings. The summed E-state index contributed by atoms with van der Waals surface area (Å²) < 4.78 is 5.30. The smallest absolute Gasteiger partial charge is 0.318 e. The molecule has 2 aliphatic carbocycles. The van der Waals surface area contributed by atoms with Gasteiger partial charge < -0.3 is 25.6 Å². The van der Waals surface area contributed by atoms with E-state index in [1.165, 1.54) is 13.5 Å². The highest BCUT2D eigenvalue weighted by molar-refractivity contribution is 6.31. The largest absolute Gasteiger partial charge is 0.495 e. The summed E-state index contributed by atoms with van der Waals surface area (Å²) >= 11 is 6.07. The van der Waals surface area contributed by atoms with Gasteiger partial charge in [0.15, 0.2) is 0 Å². The molecule has 180 valence electrons. The van der Waals surface area contributed by atoms with E-state index in [1.807, 2.05) is 0 Å². The molecular weight excluding hydrogens is 444 g/mol. The van der Waals surface area contributed by atoms with E-state index < -0.39 is 6.04 Å². The first-order valence-corrected chi connectivity index (χ1v) is 12.4. The van der Waals surface area contributed by atoms with Crippen LogP contribution in [0.15, 0.2) is 18.2 Å². The predicted octanol–water partition coefficient (Wildman–Crippen LogP) is 3.83. The van der Waals surface area contributed by atoms with Crippen molar-refractivity contribution in [3.05, 3.63) is 23.2 Å². The number of amides is 4. The third kappa shape index (κ3) is 5.54. The first-order valence-electron chi connectivity index (χ1n) is 12.0. The van der Waals surface area contributed by atoms with E-state index in [0.717, 1.165) is 51.4 Å². The van der Waals surface area contributed by atoms with Crippen LogP contribution in [0, 0.1) is 0 Å². The van der Waals surface area contributed by atoms with E-state index in [-0.39, 0.29) is 42.4 Å². The van der Waals surface area contributed by atoms with E-state index in [2.05, 4.69) is 16.0 Å². The second-order valence-corrected chi connectivity index (χ2v) is 9.71. The third-order valence-corrected chi connectivity index (χ3v) is 7.27. The molecule has 0 radical (unpaired) electrons. The van der Waals surface area contributed by atoms with Gasteiger partial charge in [-0.05, 0) is 43.9 Å². The Kier molecular flexibility index (Phi) is 7.63. The van der Waals surface area contributed by atoms with Gasteiger partial charge in [0.2, 0.25) is 11.8 Å². The minimum absolute atomic E-state index is 0.0595. The molecule has 1 aromatic carbocycles. The minimum Gasteiger partial charge on any atom is -0.495 e. The van der Waals surface area contributed by atoms with E-state index in [9.17, 15) is 14.4 Å². The van der Waals surface area contributed by atoms with Gasteiger partial charge in [0.1, 0.15) is 11.8 Å². The van der Waals surface area contributed by atoms with Crippen molar-refractivity contribution in [2.75, 3.05) is 12.4 Å². The average Bonchev–Trinajstić information content (AvgIpc) is 2.80. The first kappa shape index (κ1) is 23.7. The summed E-state index contributed by atoms with van der Waals surface area (Å²) in [5, 5.41) is 9.48. The lowest BCUT2D eigenvalue weighted by molar-refractivity contribution is -0.135. The number of urea groups is 1. The van der Waals surface area contributed by atoms with Gasteiger partial charge in [-0.1, -0.05) is 43.7 Å². The molecule has 0 bridgehead atoms. The SMILES string of the molecule is COc1ccc(Cl)cc1NC(=O)C[C@@H]1C(=O)N[C@H]2CCCC[C@@H]2N1C(=O)NC1CCCCC1. The van der Waals surface area contributed by atoms with Crippen molar-refractivity contribution >= 4 is 35.1 Å². The first-order chi connectivity index (χ1) is 16.0. The van der Waals surface area contributed by atoms with Crippen LogP contribution < -0.4 is 20.7 Å². The number of hydrogen-bond acceptors (Lipinski definition) is 4. The Morgan fingerprint density at radius 3 is 2.61 bits per heavy atom. The third-order valence-electron chi connectivity index (χ3n) is 7.03. The summed E-state index contributed by atoms with van der Waals surface area (Å²) in [6.45, 7) is 0. The van der Waals surface area contributed by atoms with E-state index in [4.69, 9.17) is 16.3 Å². The average molecular weight is 477 g/mol. The van der Waals surface area contributed by atoms with Crippen molar-refractivity contribution in [1.82, 2.24) is 15.5 Å². The van der Waals surface area contributed by atoms with Gasteiger partial charge in [-0.2, -0.15) is 0 Å². The summed E-state index contributed by atoms with van der Waals surface area (Å²) in [5.74, 6) is -0.175. The molecule has 4 rings (SSSR count). The highest BCUT2D eigenvalue weighted by Gasteiger charge is 2.46. The fourth-order valence-corrected chi connectivity index (χ4v) is 5.56. The molecule has 1 aliphatic heterocycles. The van der Waals surface area contributed by atoms with Gasteiger partial charge in [0.05, 0.1) is 25.3 Å². The van der Waals surface area contributed by atoms with Gasteiger partial charge in [0.25, 0.3) is 0 Å². The Labute approximate surface area is 199 Å². The zero-order chi connectivity index (χ0) is 23.4. The second-order valence-electron chi connectivity index (χ2n) is 9.27. The number of methoxy groups -OCH3 is 1. The Bertz CT molecular complexity index is 889. The van der Waals surface area contributed by atoms with Crippen LogP contribution in [0.1, 0.15) is 64.2 Å².